The fraction of sp³-hybridized carbons (Fsp3) is 0.700. The van der Waals surface area contributed by atoms with E-state index in [2.05, 4.69) is 36.0 Å². The molecule has 1 amide bonds. The summed E-state index contributed by atoms with van der Waals surface area (Å²) in [5.41, 5.74) is 0.599. The molecule has 25 heavy (non-hydrogen) atoms. The van der Waals surface area contributed by atoms with Crippen LogP contribution in [0, 0.1) is 17.8 Å². The molecule has 0 bridgehead atoms. The second-order valence-electron chi connectivity index (χ2n) is 7.79. The Morgan fingerprint density at radius 1 is 1.36 bits per heavy atom. The molecule has 0 saturated carbocycles. The van der Waals surface area contributed by atoms with Gasteiger partial charge in [0.05, 0.1) is 5.56 Å². The van der Waals surface area contributed by atoms with Gasteiger partial charge in [0.1, 0.15) is 5.82 Å². The molecule has 1 aliphatic rings. The minimum Gasteiger partial charge on any atom is -0.396 e. The van der Waals surface area contributed by atoms with Crippen molar-refractivity contribution in [2.45, 2.75) is 46.5 Å². The molecular weight excluding hydrogens is 314 g/mol. The number of nitrogens with zero attached hydrogens (tertiary/aromatic N) is 2. The van der Waals surface area contributed by atoms with Crippen LogP contribution in [-0.4, -0.2) is 42.2 Å². The molecule has 2 N–H and O–H groups in total. The molecule has 1 saturated heterocycles. The van der Waals surface area contributed by atoms with E-state index in [4.69, 9.17) is 0 Å². The van der Waals surface area contributed by atoms with Gasteiger partial charge in [-0.05, 0) is 55.6 Å². The summed E-state index contributed by atoms with van der Waals surface area (Å²) in [6.45, 7) is 9.46. The van der Waals surface area contributed by atoms with Crippen LogP contribution >= 0.6 is 0 Å². The maximum atomic E-state index is 12.3. The van der Waals surface area contributed by atoms with E-state index in [1.807, 2.05) is 12.1 Å². The van der Waals surface area contributed by atoms with Gasteiger partial charge >= 0.3 is 0 Å². The SMILES string of the molecule is CC(C)CC(CCO)CNC(=O)c1ccc(N2CCC(C)CC2)nc1. The largest absolute Gasteiger partial charge is 0.396 e. The third kappa shape index (κ3) is 6.31. The van der Waals surface area contributed by atoms with Crippen molar-refractivity contribution in [2.75, 3.05) is 31.1 Å². The molecule has 0 spiro atoms. The highest BCUT2D eigenvalue weighted by molar-refractivity contribution is 5.94. The van der Waals surface area contributed by atoms with Gasteiger partial charge in [-0.25, -0.2) is 4.98 Å². The third-order valence-corrected chi connectivity index (χ3v) is 5.01. The number of anilines is 1. The average Bonchev–Trinajstić information content (AvgIpc) is 2.60. The molecule has 1 aliphatic heterocycles. The van der Waals surface area contributed by atoms with Crippen molar-refractivity contribution in [1.29, 1.82) is 0 Å². The molecular formula is C20H33N3O2. The highest BCUT2D eigenvalue weighted by Gasteiger charge is 2.18. The number of aliphatic hydroxyl groups excluding tert-OH is 1. The molecule has 1 fully saturated rings. The molecule has 0 aliphatic carbocycles. The number of amides is 1. The molecule has 0 radical (unpaired) electrons. The lowest BCUT2D eigenvalue weighted by Crippen LogP contribution is -2.33. The van der Waals surface area contributed by atoms with Crippen molar-refractivity contribution >= 4 is 11.7 Å². The van der Waals surface area contributed by atoms with Gasteiger partial charge in [0.15, 0.2) is 0 Å². The monoisotopic (exact) mass is 347 g/mol. The lowest BCUT2D eigenvalue weighted by molar-refractivity contribution is 0.0941. The summed E-state index contributed by atoms with van der Waals surface area (Å²) in [6.07, 6.45) is 5.80. The second kappa shape index (κ2) is 9.76. The summed E-state index contributed by atoms with van der Waals surface area (Å²) in [5, 5.41) is 12.2. The molecule has 1 atom stereocenters. The Hall–Kier alpha value is -1.62. The van der Waals surface area contributed by atoms with Gasteiger partial charge in [-0.1, -0.05) is 20.8 Å². The fourth-order valence-corrected chi connectivity index (χ4v) is 3.44. The van der Waals surface area contributed by atoms with Gasteiger partial charge in [-0.3, -0.25) is 4.79 Å². The van der Waals surface area contributed by atoms with Crippen molar-refractivity contribution in [3.8, 4) is 0 Å². The summed E-state index contributed by atoms with van der Waals surface area (Å²) in [5.74, 6) is 2.54. The predicted octanol–water partition coefficient (Wildman–Crippen LogP) is 3.09. The fourth-order valence-electron chi connectivity index (χ4n) is 3.44. The van der Waals surface area contributed by atoms with E-state index in [1.165, 1.54) is 12.8 Å². The van der Waals surface area contributed by atoms with Crippen LogP contribution in [0.15, 0.2) is 18.3 Å². The van der Waals surface area contributed by atoms with Crippen molar-refractivity contribution < 1.29 is 9.90 Å². The van der Waals surface area contributed by atoms with Crippen molar-refractivity contribution in [3.63, 3.8) is 0 Å². The summed E-state index contributed by atoms with van der Waals surface area (Å²) in [6, 6.07) is 3.81. The van der Waals surface area contributed by atoms with Crippen LogP contribution < -0.4 is 10.2 Å². The predicted molar refractivity (Wildman–Crippen MR) is 102 cm³/mol. The van der Waals surface area contributed by atoms with E-state index in [0.29, 0.717) is 23.9 Å². The topological polar surface area (TPSA) is 65.5 Å². The van der Waals surface area contributed by atoms with Gasteiger partial charge < -0.3 is 15.3 Å². The van der Waals surface area contributed by atoms with Crippen LogP contribution in [0.2, 0.25) is 0 Å². The van der Waals surface area contributed by atoms with E-state index in [-0.39, 0.29) is 12.5 Å². The van der Waals surface area contributed by atoms with E-state index in [9.17, 15) is 9.90 Å². The molecule has 5 heteroatoms. The first kappa shape index (κ1) is 19.7. The third-order valence-electron chi connectivity index (χ3n) is 5.01. The van der Waals surface area contributed by atoms with Gasteiger partial charge in [-0.15, -0.1) is 0 Å². The van der Waals surface area contributed by atoms with Gasteiger partial charge in [0, 0.05) is 32.4 Å². The van der Waals surface area contributed by atoms with Crippen LogP contribution in [-0.2, 0) is 0 Å². The number of carbonyl (C=O) groups excluding carboxylic acids is 1. The molecule has 2 heterocycles. The Morgan fingerprint density at radius 3 is 2.64 bits per heavy atom. The number of carbonyl (C=O) groups is 1. The minimum atomic E-state index is -0.0852. The number of hydrogen-bond acceptors (Lipinski definition) is 4. The Bertz CT molecular complexity index is 522. The highest BCUT2D eigenvalue weighted by atomic mass is 16.3. The van der Waals surface area contributed by atoms with Gasteiger partial charge in [0.2, 0.25) is 0 Å². The zero-order valence-electron chi connectivity index (χ0n) is 15.9. The molecule has 140 valence electrons. The summed E-state index contributed by atoms with van der Waals surface area (Å²) < 4.78 is 0. The number of aromatic nitrogens is 1. The Labute approximate surface area is 151 Å². The zero-order chi connectivity index (χ0) is 18.2. The first-order chi connectivity index (χ1) is 12.0. The normalized spacial score (nSPS) is 16.9. The van der Waals surface area contributed by atoms with Crippen LogP contribution in [0.3, 0.4) is 0 Å². The molecule has 1 unspecified atom stereocenters. The maximum absolute atomic E-state index is 12.3. The standard InChI is InChI=1S/C20H33N3O2/c1-15(2)12-17(8-11-24)13-22-20(25)18-4-5-19(21-14-18)23-9-6-16(3)7-10-23/h4-5,14-17,24H,6-13H2,1-3H3,(H,22,25). The second-order valence-corrected chi connectivity index (χ2v) is 7.79. The van der Waals surface area contributed by atoms with Crippen LogP contribution in [0.25, 0.3) is 0 Å². The zero-order valence-corrected chi connectivity index (χ0v) is 15.9. The number of rotatable bonds is 8. The van der Waals surface area contributed by atoms with Crippen LogP contribution in [0.5, 0.6) is 0 Å². The Morgan fingerprint density at radius 2 is 2.08 bits per heavy atom. The van der Waals surface area contributed by atoms with E-state index < -0.39 is 0 Å². The summed E-state index contributed by atoms with van der Waals surface area (Å²) in [7, 11) is 0. The number of pyridine rings is 1. The number of piperidine rings is 1. The van der Waals surface area contributed by atoms with Crippen LogP contribution in [0.4, 0.5) is 5.82 Å². The first-order valence-corrected chi connectivity index (χ1v) is 9.59. The lowest BCUT2D eigenvalue weighted by atomic mass is 9.94. The molecule has 1 aromatic heterocycles. The highest BCUT2D eigenvalue weighted by Crippen LogP contribution is 2.21. The van der Waals surface area contributed by atoms with Crippen molar-refractivity contribution in [1.82, 2.24) is 10.3 Å². The van der Waals surface area contributed by atoms with Gasteiger partial charge in [0.25, 0.3) is 5.91 Å². The lowest BCUT2D eigenvalue weighted by Gasteiger charge is -2.31. The van der Waals surface area contributed by atoms with Crippen molar-refractivity contribution in [2.24, 2.45) is 17.8 Å². The molecule has 5 nitrogen and oxygen atoms in total. The maximum Gasteiger partial charge on any atom is 0.252 e. The quantitative estimate of drug-likeness (QED) is 0.758. The van der Waals surface area contributed by atoms with E-state index in [0.717, 1.165) is 37.7 Å². The number of hydrogen-bond donors (Lipinski definition) is 2. The average molecular weight is 348 g/mol. The molecule has 0 aromatic carbocycles. The summed E-state index contributed by atoms with van der Waals surface area (Å²) >= 11 is 0. The van der Waals surface area contributed by atoms with E-state index >= 15 is 0 Å². The first-order valence-electron chi connectivity index (χ1n) is 9.59. The molecule has 2 rings (SSSR count). The van der Waals surface area contributed by atoms with Crippen molar-refractivity contribution in [3.05, 3.63) is 23.9 Å². The Balaban J connectivity index is 1.87. The van der Waals surface area contributed by atoms with Crippen LogP contribution in [0.1, 0.15) is 56.8 Å². The Kier molecular flexibility index (Phi) is 7.69. The summed E-state index contributed by atoms with van der Waals surface area (Å²) in [4.78, 5) is 19.1. The number of nitrogens with one attached hydrogen (secondary N) is 1. The van der Waals surface area contributed by atoms with E-state index in [1.54, 1.807) is 6.20 Å². The minimum absolute atomic E-state index is 0.0852. The smallest absolute Gasteiger partial charge is 0.252 e. The van der Waals surface area contributed by atoms with Gasteiger partial charge in [-0.2, -0.15) is 0 Å². The number of aliphatic hydroxyl groups is 1. The molecule has 1 aromatic rings.